The van der Waals surface area contributed by atoms with Crippen LogP contribution < -0.4 is 0 Å². The van der Waals surface area contributed by atoms with Crippen LogP contribution in [-0.4, -0.2) is 20.6 Å². The summed E-state index contributed by atoms with van der Waals surface area (Å²) in [5.74, 6) is -0.767. The van der Waals surface area contributed by atoms with Gasteiger partial charge in [0.25, 0.3) is 0 Å². The molecule has 21 heavy (non-hydrogen) atoms. The molecule has 0 aliphatic heterocycles. The standard InChI is InChI=1S/C17H16N2O2/c20-17(21)9-8-13-11-19(12-14-5-3-4-10-18-14)16-7-2-1-6-15(13)16/h1-7,10-11H,8-9,12H2,(H,20,21). The second-order valence-electron chi connectivity index (χ2n) is 5.01. The zero-order chi connectivity index (χ0) is 14.7. The number of carboxylic acids is 1. The Labute approximate surface area is 122 Å². The lowest BCUT2D eigenvalue weighted by molar-refractivity contribution is -0.136. The van der Waals surface area contributed by atoms with Crippen molar-refractivity contribution in [2.75, 3.05) is 0 Å². The van der Waals surface area contributed by atoms with Crippen molar-refractivity contribution >= 4 is 16.9 Å². The first-order chi connectivity index (χ1) is 10.2. The normalized spacial score (nSPS) is 10.9. The minimum atomic E-state index is -0.767. The molecule has 0 spiro atoms. The molecular weight excluding hydrogens is 264 g/mol. The Balaban J connectivity index is 1.96. The van der Waals surface area contributed by atoms with Crippen LogP contribution in [0.1, 0.15) is 17.7 Å². The Morgan fingerprint density at radius 3 is 2.71 bits per heavy atom. The van der Waals surface area contributed by atoms with Crippen molar-refractivity contribution in [1.82, 2.24) is 9.55 Å². The van der Waals surface area contributed by atoms with E-state index in [-0.39, 0.29) is 6.42 Å². The van der Waals surface area contributed by atoms with Gasteiger partial charge in [-0.1, -0.05) is 24.3 Å². The van der Waals surface area contributed by atoms with Crippen LogP contribution >= 0.6 is 0 Å². The van der Waals surface area contributed by atoms with E-state index in [0.717, 1.165) is 22.2 Å². The highest BCUT2D eigenvalue weighted by Gasteiger charge is 2.10. The summed E-state index contributed by atoms with van der Waals surface area (Å²) in [5.41, 5.74) is 3.18. The molecule has 2 heterocycles. The predicted molar refractivity (Wildman–Crippen MR) is 81.2 cm³/mol. The van der Waals surface area contributed by atoms with Gasteiger partial charge in [0.1, 0.15) is 0 Å². The third kappa shape index (κ3) is 2.94. The molecule has 0 aliphatic rings. The van der Waals surface area contributed by atoms with Gasteiger partial charge in [-0.15, -0.1) is 0 Å². The number of pyridine rings is 1. The zero-order valence-electron chi connectivity index (χ0n) is 11.6. The van der Waals surface area contributed by atoms with E-state index in [0.29, 0.717) is 13.0 Å². The summed E-state index contributed by atoms with van der Waals surface area (Å²) in [7, 11) is 0. The van der Waals surface area contributed by atoms with Crippen molar-refractivity contribution in [1.29, 1.82) is 0 Å². The van der Waals surface area contributed by atoms with Crippen LogP contribution in [0.5, 0.6) is 0 Å². The molecule has 4 nitrogen and oxygen atoms in total. The van der Waals surface area contributed by atoms with Gasteiger partial charge in [-0.3, -0.25) is 9.78 Å². The van der Waals surface area contributed by atoms with E-state index in [4.69, 9.17) is 5.11 Å². The first kappa shape index (κ1) is 13.4. The molecule has 0 amide bonds. The SMILES string of the molecule is O=C(O)CCc1cn(Cc2ccccn2)c2ccccc12. The van der Waals surface area contributed by atoms with Gasteiger partial charge in [0, 0.05) is 29.7 Å². The van der Waals surface area contributed by atoms with Crippen LogP contribution in [0.3, 0.4) is 0 Å². The minimum absolute atomic E-state index is 0.150. The van der Waals surface area contributed by atoms with Gasteiger partial charge in [-0.2, -0.15) is 0 Å². The van der Waals surface area contributed by atoms with Crippen LogP contribution in [0.15, 0.2) is 54.9 Å². The lowest BCUT2D eigenvalue weighted by Crippen LogP contribution is -2.00. The fourth-order valence-corrected chi connectivity index (χ4v) is 2.56. The third-order valence-corrected chi connectivity index (χ3v) is 3.54. The van der Waals surface area contributed by atoms with Crippen LogP contribution in [0.25, 0.3) is 10.9 Å². The molecule has 0 saturated carbocycles. The number of para-hydroxylation sites is 1. The Kier molecular flexibility index (Phi) is 3.69. The van der Waals surface area contributed by atoms with E-state index < -0.39 is 5.97 Å². The number of carbonyl (C=O) groups is 1. The average Bonchev–Trinajstić information content (AvgIpc) is 2.85. The Morgan fingerprint density at radius 2 is 1.95 bits per heavy atom. The second kappa shape index (κ2) is 5.79. The van der Waals surface area contributed by atoms with E-state index >= 15 is 0 Å². The number of hydrogen-bond donors (Lipinski definition) is 1. The van der Waals surface area contributed by atoms with E-state index in [1.165, 1.54) is 0 Å². The quantitative estimate of drug-likeness (QED) is 0.781. The van der Waals surface area contributed by atoms with Gasteiger partial charge in [-0.25, -0.2) is 0 Å². The van der Waals surface area contributed by atoms with Crippen LogP contribution in [0.4, 0.5) is 0 Å². The van der Waals surface area contributed by atoms with Crippen molar-refractivity contribution in [3.63, 3.8) is 0 Å². The fraction of sp³-hybridized carbons (Fsp3) is 0.176. The smallest absolute Gasteiger partial charge is 0.303 e. The molecule has 0 bridgehead atoms. The molecule has 106 valence electrons. The fourth-order valence-electron chi connectivity index (χ4n) is 2.56. The Hall–Kier alpha value is -2.62. The molecule has 0 fully saturated rings. The highest BCUT2D eigenvalue weighted by Crippen LogP contribution is 2.23. The second-order valence-corrected chi connectivity index (χ2v) is 5.01. The molecule has 3 rings (SSSR count). The van der Waals surface area contributed by atoms with Crippen molar-refractivity contribution in [3.8, 4) is 0 Å². The summed E-state index contributed by atoms with van der Waals surface area (Å²) < 4.78 is 2.13. The number of aryl methyl sites for hydroxylation is 1. The summed E-state index contributed by atoms with van der Waals surface area (Å²) >= 11 is 0. The maximum atomic E-state index is 10.8. The number of nitrogens with zero attached hydrogens (tertiary/aromatic N) is 2. The number of aliphatic carboxylic acids is 1. The molecule has 0 aliphatic carbocycles. The summed E-state index contributed by atoms with van der Waals surface area (Å²) in [6.45, 7) is 0.689. The molecule has 1 aromatic carbocycles. The predicted octanol–water partition coefficient (Wildman–Crippen LogP) is 3.10. The minimum Gasteiger partial charge on any atom is -0.481 e. The zero-order valence-corrected chi connectivity index (χ0v) is 11.6. The van der Waals surface area contributed by atoms with E-state index in [2.05, 4.69) is 15.6 Å². The van der Waals surface area contributed by atoms with Gasteiger partial charge < -0.3 is 9.67 Å². The molecule has 3 aromatic rings. The lowest BCUT2D eigenvalue weighted by Gasteiger charge is -2.04. The highest BCUT2D eigenvalue weighted by atomic mass is 16.4. The van der Waals surface area contributed by atoms with Crippen LogP contribution in [0.2, 0.25) is 0 Å². The largest absolute Gasteiger partial charge is 0.481 e. The molecule has 0 atom stereocenters. The summed E-state index contributed by atoms with van der Waals surface area (Å²) in [6, 6.07) is 13.9. The van der Waals surface area contributed by atoms with Gasteiger partial charge in [0.15, 0.2) is 0 Å². The molecule has 4 heteroatoms. The Bertz CT molecular complexity index is 763. The van der Waals surface area contributed by atoms with E-state index in [9.17, 15) is 4.79 Å². The van der Waals surface area contributed by atoms with Crippen molar-refractivity contribution < 1.29 is 9.90 Å². The van der Waals surface area contributed by atoms with Crippen molar-refractivity contribution in [2.45, 2.75) is 19.4 Å². The topological polar surface area (TPSA) is 55.1 Å². The number of aromatic nitrogens is 2. The number of rotatable bonds is 5. The maximum Gasteiger partial charge on any atom is 0.303 e. The lowest BCUT2D eigenvalue weighted by atomic mass is 10.1. The molecule has 0 radical (unpaired) electrons. The summed E-state index contributed by atoms with van der Waals surface area (Å²) in [4.78, 5) is 15.1. The highest BCUT2D eigenvalue weighted by molar-refractivity contribution is 5.84. The van der Waals surface area contributed by atoms with Crippen LogP contribution in [0, 0.1) is 0 Å². The molecular formula is C17H16N2O2. The number of hydrogen-bond acceptors (Lipinski definition) is 2. The molecule has 0 unspecified atom stereocenters. The van der Waals surface area contributed by atoms with Gasteiger partial charge in [0.2, 0.25) is 0 Å². The number of fused-ring (bicyclic) bond motifs is 1. The van der Waals surface area contributed by atoms with Crippen molar-refractivity contribution in [2.24, 2.45) is 0 Å². The maximum absolute atomic E-state index is 10.8. The van der Waals surface area contributed by atoms with E-state index in [1.807, 2.05) is 42.6 Å². The van der Waals surface area contributed by atoms with Gasteiger partial charge in [-0.05, 0) is 30.2 Å². The average molecular weight is 280 g/mol. The van der Waals surface area contributed by atoms with E-state index in [1.54, 1.807) is 6.20 Å². The molecule has 0 saturated heterocycles. The Morgan fingerprint density at radius 1 is 1.14 bits per heavy atom. The number of benzene rings is 1. The molecule has 1 N–H and O–H groups in total. The monoisotopic (exact) mass is 280 g/mol. The summed E-state index contributed by atoms with van der Waals surface area (Å²) in [6.07, 6.45) is 4.53. The summed E-state index contributed by atoms with van der Waals surface area (Å²) in [5, 5.41) is 9.99. The van der Waals surface area contributed by atoms with Crippen LogP contribution in [-0.2, 0) is 17.8 Å². The first-order valence-electron chi connectivity index (χ1n) is 6.92. The van der Waals surface area contributed by atoms with Crippen molar-refractivity contribution in [3.05, 3.63) is 66.1 Å². The van der Waals surface area contributed by atoms with Gasteiger partial charge in [0.05, 0.1) is 12.2 Å². The molecule has 2 aromatic heterocycles. The third-order valence-electron chi connectivity index (χ3n) is 3.54. The van der Waals surface area contributed by atoms with Gasteiger partial charge >= 0.3 is 5.97 Å². The number of carboxylic acid groups (broad SMARTS) is 1. The first-order valence-corrected chi connectivity index (χ1v) is 6.92.